The van der Waals surface area contributed by atoms with Gasteiger partial charge in [-0.05, 0) is 96.1 Å². The number of nitrogens with one attached hydrogen (secondary N) is 1. The highest BCUT2D eigenvalue weighted by Crippen LogP contribution is 2.36. The number of methoxy groups -OCH3 is 2. The average Bonchev–Trinajstić information content (AvgIpc) is 3.45. The Balaban J connectivity index is 1.48. The number of fused-ring (bicyclic) bond motifs is 1. The minimum absolute atomic E-state index is 0.0919. The molecule has 0 saturated heterocycles. The highest BCUT2D eigenvalue weighted by atomic mass is 32.1. The van der Waals surface area contributed by atoms with Crippen LogP contribution in [0.4, 0.5) is 0 Å². The summed E-state index contributed by atoms with van der Waals surface area (Å²) in [7, 11) is 3.34. The number of nitrogens with zero attached hydrogens (tertiary/aromatic N) is 1. The lowest BCUT2D eigenvalue weighted by atomic mass is 9.98. The van der Waals surface area contributed by atoms with Crippen LogP contribution in [0.15, 0.2) is 90.6 Å². The SMILES string of the molecule is COc1ccc2c(OC)cc(/C(=C\C=C\C(=O)N[C@H](C)CCCc3cccnc3)c3cccs3)cc2c1. The molecule has 1 N–H and O–H groups in total. The van der Waals surface area contributed by atoms with E-state index >= 15 is 0 Å². The summed E-state index contributed by atoms with van der Waals surface area (Å²) >= 11 is 1.66. The highest BCUT2D eigenvalue weighted by molar-refractivity contribution is 7.11. The minimum Gasteiger partial charge on any atom is -0.497 e. The second-order valence-electron chi connectivity index (χ2n) is 8.85. The highest BCUT2D eigenvalue weighted by Gasteiger charge is 2.12. The van der Waals surface area contributed by atoms with Gasteiger partial charge in [-0.15, -0.1) is 11.3 Å². The molecule has 6 heteroatoms. The molecule has 0 aliphatic heterocycles. The van der Waals surface area contributed by atoms with Crippen LogP contribution in [-0.4, -0.2) is 31.2 Å². The number of carbonyl (C=O) groups is 1. The summed E-state index contributed by atoms with van der Waals surface area (Å²) in [6.45, 7) is 2.04. The van der Waals surface area contributed by atoms with Crippen molar-refractivity contribution in [3.63, 3.8) is 0 Å². The number of ether oxygens (including phenoxy) is 2. The molecule has 4 rings (SSSR count). The maximum atomic E-state index is 12.6. The molecule has 0 fully saturated rings. The summed E-state index contributed by atoms with van der Waals surface area (Å²) in [4.78, 5) is 17.8. The van der Waals surface area contributed by atoms with Gasteiger partial charge in [0.25, 0.3) is 0 Å². The average molecular weight is 513 g/mol. The first-order chi connectivity index (χ1) is 18.1. The molecule has 1 amide bonds. The zero-order valence-electron chi connectivity index (χ0n) is 21.4. The Hall–Kier alpha value is -3.90. The first-order valence-electron chi connectivity index (χ1n) is 12.3. The van der Waals surface area contributed by atoms with Crippen molar-refractivity contribution >= 4 is 33.6 Å². The summed E-state index contributed by atoms with van der Waals surface area (Å²) in [5.41, 5.74) is 3.25. The second kappa shape index (κ2) is 12.9. The number of hydrogen-bond acceptors (Lipinski definition) is 5. The van der Waals surface area contributed by atoms with Crippen LogP contribution in [-0.2, 0) is 11.2 Å². The molecule has 0 bridgehead atoms. The molecule has 2 heterocycles. The molecule has 0 aliphatic carbocycles. The molecular formula is C31H32N2O3S. The van der Waals surface area contributed by atoms with Crippen molar-refractivity contribution < 1.29 is 14.3 Å². The summed E-state index contributed by atoms with van der Waals surface area (Å²) in [5, 5.41) is 7.16. The van der Waals surface area contributed by atoms with Gasteiger partial charge in [0.05, 0.1) is 14.2 Å². The van der Waals surface area contributed by atoms with Gasteiger partial charge in [0.2, 0.25) is 5.91 Å². The van der Waals surface area contributed by atoms with Crippen molar-refractivity contribution in [1.82, 2.24) is 10.3 Å². The number of aromatic nitrogens is 1. The summed E-state index contributed by atoms with van der Waals surface area (Å²) in [6.07, 6.45) is 11.9. The van der Waals surface area contributed by atoms with Crippen molar-refractivity contribution in [2.24, 2.45) is 0 Å². The fourth-order valence-corrected chi connectivity index (χ4v) is 5.04. The van der Waals surface area contributed by atoms with Crippen LogP contribution in [0, 0.1) is 0 Å². The van der Waals surface area contributed by atoms with Crippen molar-refractivity contribution in [2.45, 2.75) is 32.2 Å². The zero-order valence-corrected chi connectivity index (χ0v) is 22.3. The molecule has 0 spiro atoms. The van der Waals surface area contributed by atoms with E-state index in [1.54, 1.807) is 37.8 Å². The molecule has 0 radical (unpaired) electrons. The maximum absolute atomic E-state index is 12.6. The van der Waals surface area contributed by atoms with Gasteiger partial charge in [0.1, 0.15) is 11.5 Å². The van der Waals surface area contributed by atoms with Gasteiger partial charge < -0.3 is 14.8 Å². The van der Waals surface area contributed by atoms with Crippen molar-refractivity contribution in [1.29, 1.82) is 0 Å². The van der Waals surface area contributed by atoms with Gasteiger partial charge in [-0.25, -0.2) is 0 Å². The molecule has 1 atom stereocenters. The van der Waals surface area contributed by atoms with E-state index in [0.29, 0.717) is 0 Å². The lowest BCUT2D eigenvalue weighted by Gasteiger charge is -2.13. The monoisotopic (exact) mass is 512 g/mol. The number of carbonyl (C=O) groups excluding carboxylic acids is 1. The number of amides is 1. The number of allylic oxidation sites excluding steroid dienone is 2. The topological polar surface area (TPSA) is 60.5 Å². The third kappa shape index (κ3) is 7.08. The van der Waals surface area contributed by atoms with Crippen LogP contribution in [0.2, 0.25) is 0 Å². The van der Waals surface area contributed by atoms with E-state index in [0.717, 1.165) is 57.5 Å². The first-order valence-corrected chi connectivity index (χ1v) is 13.2. The largest absolute Gasteiger partial charge is 0.497 e. The molecule has 2 aromatic carbocycles. The van der Waals surface area contributed by atoms with Crippen LogP contribution >= 0.6 is 11.3 Å². The number of hydrogen-bond donors (Lipinski definition) is 1. The summed E-state index contributed by atoms with van der Waals surface area (Å²) in [5.74, 6) is 1.48. The number of benzene rings is 2. The van der Waals surface area contributed by atoms with Crippen LogP contribution < -0.4 is 14.8 Å². The van der Waals surface area contributed by atoms with E-state index in [4.69, 9.17) is 9.47 Å². The van der Waals surface area contributed by atoms with Gasteiger partial charge in [-0.1, -0.05) is 24.3 Å². The molecular weight excluding hydrogens is 480 g/mol. The van der Waals surface area contributed by atoms with E-state index < -0.39 is 0 Å². The quantitative estimate of drug-likeness (QED) is 0.177. The van der Waals surface area contributed by atoms with Gasteiger partial charge in [-0.2, -0.15) is 0 Å². The molecule has 0 unspecified atom stereocenters. The Morgan fingerprint density at radius 1 is 1.11 bits per heavy atom. The predicted molar refractivity (Wildman–Crippen MR) is 152 cm³/mol. The Bertz CT molecular complexity index is 1380. The van der Waals surface area contributed by atoms with Gasteiger partial charge in [0.15, 0.2) is 0 Å². The number of pyridine rings is 1. The number of thiophene rings is 1. The molecule has 190 valence electrons. The van der Waals surface area contributed by atoms with E-state index in [2.05, 4.69) is 28.5 Å². The lowest BCUT2D eigenvalue weighted by molar-refractivity contribution is -0.117. The summed E-state index contributed by atoms with van der Waals surface area (Å²) < 4.78 is 11.1. The number of rotatable bonds is 11. The van der Waals surface area contributed by atoms with E-state index in [1.165, 1.54) is 5.56 Å². The molecule has 37 heavy (non-hydrogen) atoms. The molecule has 5 nitrogen and oxygen atoms in total. The smallest absolute Gasteiger partial charge is 0.244 e. The minimum atomic E-state index is -0.100. The fraction of sp³-hybridized carbons (Fsp3) is 0.226. The third-order valence-electron chi connectivity index (χ3n) is 6.16. The third-order valence-corrected chi connectivity index (χ3v) is 7.07. The van der Waals surface area contributed by atoms with Gasteiger partial charge >= 0.3 is 0 Å². The van der Waals surface area contributed by atoms with Crippen molar-refractivity contribution in [2.75, 3.05) is 14.2 Å². The molecule has 0 saturated carbocycles. The van der Waals surface area contributed by atoms with Crippen LogP contribution in [0.5, 0.6) is 11.5 Å². The van der Waals surface area contributed by atoms with Crippen molar-refractivity contribution in [3.8, 4) is 11.5 Å². The molecule has 4 aromatic rings. The number of aryl methyl sites for hydroxylation is 1. The van der Waals surface area contributed by atoms with Crippen LogP contribution in [0.3, 0.4) is 0 Å². The van der Waals surface area contributed by atoms with Crippen LogP contribution in [0.25, 0.3) is 16.3 Å². The Kier molecular flexibility index (Phi) is 9.11. The summed E-state index contributed by atoms with van der Waals surface area (Å²) in [6, 6.07) is 18.3. The molecule has 0 aliphatic rings. The van der Waals surface area contributed by atoms with Gasteiger partial charge in [0, 0.05) is 34.8 Å². The normalized spacial score (nSPS) is 12.6. The fourth-order valence-electron chi connectivity index (χ4n) is 4.27. The van der Waals surface area contributed by atoms with E-state index in [1.807, 2.05) is 67.1 Å². The van der Waals surface area contributed by atoms with Crippen molar-refractivity contribution in [3.05, 3.63) is 107 Å². The van der Waals surface area contributed by atoms with E-state index in [-0.39, 0.29) is 11.9 Å². The van der Waals surface area contributed by atoms with Crippen LogP contribution in [0.1, 0.15) is 35.8 Å². The Morgan fingerprint density at radius 2 is 2.00 bits per heavy atom. The standard InChI is InChI=1S/C31H32N2O3S/c1-22(8-4-9-23-10-6-16-32-21-23)33-31(34)13-5-11-28(30-12-7-17-37-30)25-18-24-19-26(35-2)14-15-27(24)29(20-25)36-3/h5-7,10-22H,4,8-9H2,1-3H3,(H,33,34)/b13-5+,28-11+/t22-/m1/s1. The Morgan fingerprint density at radius 3 is 2.73 bits per heavy atom. The zero-order chi connectivity index (χ0) is 26.0. The van der Waals surface area contributed by atoms with E-state index in [9.17, 15) is 4.79 Å². The maximum Gasteiger partial charge on any atom is 0.244 e. The first kappa shape index (κ1) is 26.2. The second-order valence-corrected chi connectivity index (χ2v) is 9.79. The lowest BCUT2D eigenvalue weighted by Crippen LogP contribution is -2.31. The van der Waals surface area contributed by atoms with Gasteiger partial charge in [-0.3, -0.25) is 9.78 Å². The Labute approximate surface area is 222 Å². The predicted octanol–water partition coefficient (Wildman–Crippen LogP) is 6.83. The molecule has 2 aromatic heterocycles.